The van der Waals surface area contributed by atoms with Crippen molar-refractivity contribution in [1.29, 1.82) is 0 Å². The van der Waals surface area contributed by atoms with Crippen LogP contribution in [0.25, 0.3) is 0 Å². The van der Waals surface area contributed by atoms with Crippen molar-refractivity contribution in [3.63, 3.8) is 0 Å². The second-order valence-corrected chi connectivity index (χ2v) is 5.57. The molecule has 0 radical (unpaired) electrons. The molecule has 1 aromatic rings. The van der Waals surface area contributed by atoms with Crippen LogP contribution in [0.15, 0.2) is 18.3 Å². The summed E-state index contributed by atoms with van der Waals surface area (Å²) >= 11 is 0. The van der Waals surface area contributed by atoms with Gasteiger partial charge in [0.05, 0.1) is 23.6 Å². The maximum absolute atomic E-state index is 12.4. The number of carbonyl (C=O) groups is 2. The fourth-order valence-corrected chi connectivity index (χ4v) is 2.82. The molecule has 0 bridgehead atoms. The summed E-state index contributed by atoms with van der Waals surface area (Å²) in [5, 5.41) is 16.4. The van der Waals surface area contributed by atoms with Crippen LogP contribution in [0.3, 0.4) is 0 Å². The van der Waals surface area contributed by atoms with E-state index < -0.39 is 17.8 Å². The SMILES string of the molecule is Cc1nn(C)cc1[C@H](C)NC(=O)[C@@H]1CC=CC[C@@H]1C(=O)O. The van der Waals surface area contributed by atoms with Crippen molar-refractivity contribution in [2.45, 2.75) is 32.7 Å². The average Bonchev–Trinajstić information content (AvgIpc) is 2.77. The van der Waals surface area contributed by atoms with Crippen LogP contribution in [0.5, 0.6) is 0 Å². The standard InChI is InChI=1S/C15H21N3O3/c1-9(13-8-18(3)17-10(13)2)16-14(19)11-6-4-5-7-12(11)15(20)21/h4-5,8-9,11-12H,6-7H2,1-3H3,(H,16,19)(H,20,21)/t9-,11+,12-/m0/s1. The molecule has 0 spiro atoms. The maximum Gasteiger partial charge on any atom is 0.307 e. The van der Waals surface area contributed by atoms with Gasteiger partial charge in [0.15, 0.2) is 0 Å². The van der Waals surface area contributed by atoms with Crippen LogP contribution in [0, 0.1) is 18.8 Å². The Morgan fingerprint density at radius 1 is 1.38 bits per heavy atom. The Hall–Kier alpha value is -2.11. The van der Waals surface area contributed by atoms with E-state index in [1.807, 2.05) is 39.2 Å². The molecule has 21 heavy (non-hydrogen) atoms. The van der Waals surface area contributed by atoms with E-state index in [1.165, 1.54) is 0 Å². The van der Waals surface area contributed by atoms with Gasteiger partial charge in [-0.15, -0.1) is 0 Å². The van der Waals surface area contributed by atoms with E-state index in [4.69, 9.17) is 0 Å². The zero-order valence-corrected chi connectivity index (χ0v) is 12.5. The Kier molecular flexibility index (Phi) is 4.45. The molecule has 0 aliphatic heterocycles. The topological polar surface area (TPSA) is 84.2 Å². The molecule has 6 nitrogen and oxygen atoms in total. The van der Waals surface area contributed by atoms with E-state index >= 15 is 0 Å². The van der Waals surface area contributed by atoms with Crippen molar-refractivity contribution in [3.8, 4) is 0 Å². The number of carboxylic acids is 1. The Labute approximate surface area is 123 Å². The Bertz CT molecular complexity index is 577. The molecule has 0 unspecified atom stereocenters. The first-order valence-electron chi connectivity index (χ1n) is 7.08. The van der Waals surface area contributed by atoms with Crippen LogP contribution in [0.4, 0.5) is 0 Å². The molecule has 0 fully saturated rings. The lowest BCUT2D eigenvalue weighted by molar-refractivity contribution is -0.147. The Morgan fingerprint density at radius 3 is 2.52 bits per heavy atom. The fraction of sp³-hybridized carbons (Fsp3) is 0.533. The summed E-state index contributed by atoms with van der Waals surface area (Å²) in [5.74, 6) is -2.27. The molecule has 2 rings (SSSR count). The summed E-state index contributed by atoms with van der Waals surface area (Å²) < 4.78 is 1.71. The van der Waals surface area contributed by atoms with Crippen LogP contribution in [-0.4, -0.2) is 26.8 Å². The summed E-state index contributed by atoms with van der Waals surface area (Å²) in [5.41, 5.74) is 1.81. The van der Waals surface area contributed by atoms with Crippen molar-refractivity contribution in [1.82, 2.24) is 15.1 Å². The first kappa shape index (κ1) is 15.3. The molecule has 0 aromatic carbocycles. The van der Waals surface area contributed by atoms with Gasteiger partial charge in [0.1, 0.15) is 0 Å². The Morgan fingerprint density at radius 2 is 2.00 bits per heavy atom. The van der Waals surface area contributed by atoms with Crippen molar-refractivity contribution >= 4 is 11.9 Å². The van der Waals surface area contributed by atoms with Gasteiger partial charge in [0.2, 0.25) is 5.91 Å². The van der Waals surface area contributed by atoms with Crippen molar-refractivity contribution in [2.24, 2.45) is 18.9 Å². The molecule has 6 heteroatoms. The van der Waals surface area contributed by atoms with E-state index in [2.05, 4.69) is 10.4 Å². The molecule has 1 aliphatic carbocycles. The lowest BCUT2D eigenvalue weighted by atomic mass is 9.82. The average molecular weight is 291 g/mol. The van der Waals surface area contributed by atoms with E-state index in [1.54, 1.807) is 4.68 Å². The third-order valence-electron chi connectivity index (χ3n) is 3.96. The highest BCUT2D eigenvalue weighted by molar-refractivity contribution is 5.85. The fourth-order valence-electron chi connectivity index (χ4n) is 2.82. The third-order valence-corrected chi connectivity index (χ3v) is 3.96. The van der Waals surface area contributed by atoms with Crippen molar-refractivity contribution in [3.05, 3.63) is 29.6 Å². The van der Waals surface area contributed by atoms with Gasteiger partial charge in [-0.3, -0.25) is 14.3 Å². The predicted octanol–water partition coefficient (Wildman–Crippen LogP) is 1.57. The number of aryl methyl sites for hydroxylation is 2. The van der Waals surface area contributed by atoms with Gasteiger partial charge < -0.3 is 10.4 Å². The number of carbonyl (C=O) groups excluding carboxylic acids is 1. The van der Waals surface area contributed by atoms with Gasteiger partial charge >= 0.3 is 5.97 Å². The normalized spacial score (nSPS) is 22.8. The van der Waals surface area contributed by atoms with Gasteiger partial charge in [-0.2, -0.15) is 5.10 Å². The molecule has 1 aromatic heterocycles. The number of hydrogen-bond acceptors (Lipinski definition) is 3. The number of hydrogen-bond donors (Lipinski definition) is 2. The van der Waals surface area contributed by atoms with Gasteiger partial charge in [-0.05, 0) is 26.7 Å². The molecular formula is C15H21N3O3. The number of aromatic nitrogens is 2. The van der Waals surface area contributed by atoms with Crippen LogP contribution in [0.1, 0.15) is 37.1 Å². The summed E-state index contributed by atoms with van der Waals surface area (Å²) in [6, 6.07) is -0.188. The molecule has 0 saturated carbocycles. The summed E-state index contributed by atoms with van der Waals surface area (Å²) in [6.07, 6.45) is 6.46. The van der Waals surface area contributed by atoms with Crippen LogP contribution >= 0.6 is 0 Å². The van der Waals surface area contributed by atoms with E-state index in [-0.39, 0.29) is 11.9 Å². The minimum atomic E-state index is -0.912. The van der Waals surface area contributed by atoms with Gasteiger partial charge in [0.25, 0.3) is 0 Å². The molecule has 114 valence electrons. The maximum atomic E-state index is 12.4. The third kappa shape index (κ3) is 3.32. The number of amides is 1. The second kappa shape index (κ2) is 6.11. The minimum absolute atomic E-state index is 0.188. The first-order chi connectivity index (χ1) is 9.90. The van der Waals surface area contributed by atoms with Crippen LogP contribution < -0.4 is 5.32 Å². The minimum Gasteiger partial charge on any atom is -0.481 e. The molecule has 0 saturated heterocycles. The molecular weight excluding hydrogens is 270 g/mol. The van der Waals surface area contributed by atoms with Gasteiger partial charge in [-0.25, -0.2) is 0 Å². The second-order valence-electron chi connectivity index (χ2n) is 5.57. The van der Waals surface area contributed by atoms with E-state index in [9.17, 15) is 14.7 Å². The molecule has 1 amide bonds. The number of rotatable bonds is 4. The number of carboxylic acid groups (broad SMARTS) is 1. The smallest absolute Gasteiger partial charge is 0.307 e. The van der Waals surface area contributed by atoms with E-state index in [0.717, 1.165) is 11.3 Å². The summed E-state index contributed by atoms with van der Waals surface area (Å²) in [6.45, 7) is 3.78. The lowest BCUT2D eigenvalue weighted by Gasteiger charge is -2.26. The number of allylic oxidation sites excluding steroid dienone is 2. The predicted molar refractivity (Wildman–Crippen MR) is 77.5 cm³/mol. The van der Waals surface area contributed by atoms with Gasteiger partial charge in [-0.1, -0.05) is 12.2 Å². The highest BCUT2D eigenvalue weighted by Gasteiger charge is 2.34. The quantitative estimate of drug-likeness (QED) is 0.825. The first-order valence-corrected chi connectivity index (χ1v) is 7.08. The highest BCUT2D eigenvalue weighted by atomic mass is 16.4. The summed E-state index contributed by atoms with van der Waals surface area (Å²) in [4.78, 5) is 23.6. The Balaban J connectivity index is 2.08. The zero-order valence-electron chi connectivity index (χ0n) is 12.5. The van der Waals surface area contributed by atoms with E-state index in [0.29, 0.717) is 12.8 Å². The molecule has 1 heterocycles. The monoisotopic (exact) mass is 291 g/mol. The molecule has 1 aliphatic rings. The van der Waals surface area contributed by atoms with Crippen molar-refractivity contribution in [2.75, 3.05) is 0 Å². The number of nitrogens with one attached hydrogen (secondary N) is 1. The zero-order chi connectivity index (χ0) is 15.6. The van der Waals surface area contributed by atoms with Gasteiger partial charge in [0, 0.05) is 18.8 Å². The number of aliphatic carboxylic acids is 1. The van der Waals surface area contributed by atoms with Crippen molar-refractivity contribution < 1.29 is 14.7 Å². The summed E-state index contributed by atoms with van der Waals surface area (Å²) in [7, 11) is 1.83. The van der Waals surface area contributed by atoms with Crippen LogP contribution in [0.2, 0.25) is 0 Å². The molecule has 2 N–H and O–H groups in total. The number of nitrogens with zero attached hydrogens (tertiary/aromatic N) is 2. The highest BCUT2D eigenvalue weighted by Crippen LogP contribution is 2.27. The molecule has 3 atom stereocenters. The lowest BCUT2D eigenvalue weighted by Crippen LogP contribution is -2.39. The largest absolute Gasteiger partial charge is 0.481 e. The van der Waals surface area contributed by atoms with Crippen LogP contribution in [-0.2, 0) is 16.6 Å².